The molecule has 0 atom stereocenters. The molecule has 3 aromatic heterocycles. The fourth-order valence-corrected chi connectivity index (χ4v) is 8.91. The Morgan fingerprint density at radius 1 is 0.393 bits per heavy atom. The molecule has 0 bridgehead atoms. The third kappa shape index (κ3) is 4.53. The second-order valence-electron chi connectivity index (χ2n) is 14.5. The highest BCUT2D eigenvalue weighted by Gasteiger charge is 2.24. The second-order valence-corrected chi connectivity index (χ2v) is 14.5. The van der Waals surface area contributed by atoms with Gasteiger partial charge in [-0.15, -0.1) is 0 Å². The maximum Gasteiger partial charge on any atom is 0.143 e. The van der Waals surface area contributed by atoms with Gasteiger partial charge in [-0.05, 0) is 83.7 Å². The summed E-state index contributed by atoms with van der Waals surface area (Å²) in [6, 6.07) is 69.1. The number of furan rings is 2. The van der Waals surface area contributed by atoms with E-state index in [4.69, 9.17) is 8.83 Å². The van der Waals surface area contributed by atoms with Gasteiger partial charge in [-0.1, -0.05) is 121 Å². The molecule has 0 unspecified atom stereocenters. The quantitative estimate of drug-likeness (QED) is 0.178. The lowest BCUT2D eigenvalue weighted by Crippen LogP contribution is -2.12. The highest BCUT2D eigenvalue weighted by molar-refractivity contribution is 6.20. The zero-order chi connectivity index (χ0) is 36.7. The average Bonchev–Trinajstić information content (AvgIpc) is 3.94. The van der Waals surface area contributed by atoms with Crippen LogP contribution in [0.4, 0.5) is 17.1 Å². The van der Waals surface area contributed by atoms with Crippen LogP contribution in [0, 0.1) is 0 Å². The van der Waals surface area contributed by atoms with Crippen molar-refractivity contribution in [3.05, 3.63) is 194 Å². The van der Waals surface area contributed by atoms with Crippen LogP contribution in [-0.4, -0.2) is 4.57 Å². The lowest BCUT2D eigenvalue weighted by molar-refractivity contribution is 0.669. The number of fused-ring (bicyclic) bond motifs is 11. The Bertz CT molecular complexity index is 3460. The molecule has 0 aliphatic carbocycles. The third-order valence-electron chi connectivity index (χ3n) is 11.4. The van der Waals surface area contributed by atoms with Crippen LogP contribution in [0.5, 0.6) is 0 Å². The first-order valence-electron chi connectivity index (χ1n) is 19.0. The first-order valence-corrected chi connectivity index (χ1v) is 19.0. The Morgan fingerprint density at radius 3 is 1.89 bits per heavy atom. The first-order chi connectivity index (χ1) is 27.8. The highest BCUT2D eigenvalue weighted by Crippen LogP contribution is 2.48. The van der Waals surface area contributed by atoms with Gasteiger partial charge in [0, 0.05) is 49.3 Å². The van der Waals surface area contributed by atoms with Crippen LogP contribution in [-0.2, 0) is 0 Å². The van der Waals surface area contributed by atoms with Crippen molar-refractivity contribution in [2.75, 3.05) is 4.90 Å². The molecule has 4 heteroatoms. The lowest BCUT2D eigenvalue weighted by Gasteiger charge is -2.29. The van der Waals surface area contributed by atoms with E-state index in [2.05, 4.69) is 191 Å². The van der Waals surface area contributed by atoms with E-state index in [1.807, 2.05) is 12.1 Å². The fourth-order valence-electron chi connectivity index (χ4n) is 8.91. The third-order valence-corrected chi connectivity index (χ3v) is 11.4. The molecular formula is C52H32N2O2. The molecule has 0 amide bonds. The van der Waals surface area contributed by atoms with Crippen molar-refractivity contribution in [2.24, 2.45) is 0 Å². The normalized spacial score (nSPS) is 11.9. The van der Waals surface area contributed by atoms with Crippen molar-refractivity contribution in [3.8, 4) is 16.8 Å². The standard InChI is InChI=1S/C52H32N2O2/c1-2-17-38-33(13-1)27-30-43-51-47(24-12-26-49(51)56-52(38)43)54(36-15-11-14-35(32-36)53-45-22-8-4-18-39(45)40-19-5-9-23-46(40)53)44-21-7-3-16-37(44)34-28-29-42-41-20-6-10-25-48(41)55-50(42)31-34/h1-32H. The number of benzene rings is 9. The first kappa shape index (κ1) is 30.9. The van der Waals surface area contributed by atoms with Gasteiger partial charge in [0.05, 0.1) is 27.8 Å². The van der Waals surface area contributed by atoms with Gasteiger partial charge in [0.15, 0.2) is 0 Å². The Hall–Kier alpha value is -7.56. The predicted octanol–water partition coefficient (Wildman–Crippen LogP) is 14.9. The van der Waals surface area contributed by atoms with Crippen LogP contribution in [0.1, 0.15) is 0 Å². The molecule has 0 aliphatic rings. The zero-order valence-electron chi connectivity index (χ0n) is 30.2. The molecule has 0 radical (unpaired) electrons. The maximum absolute atomic E-state index is 6.76. The van der Waals surface area contributed by atoms with Crippen molar-refractivity contribution in [1.29, 1.82) is 0 Å². The molecule has 56 heavy (non-hydrogen) atoms. The fraction of sp³-hybridized carbons (Fsp3) is 0. The van der Waals surface area contributed by atoms with Crippen molar-refractivity contribution in [2.45, 2.75) is 0 Å². The van der Waals surface area contributed by atoms with E-state index in [0.717, 1.165) is 88.5 Å². The zero-order valence-corrected chi connectivity index (χ0v) is 30.2. The van der Waals surface area contributed by atoms with Crippen LogP contribution >= 0.6 is 0 Å². The molecule has 3 heterocycles. The van der Waals surface area contributed by atoms with Gasteiger partial charge in [0.25, 0.3) is 0 Å². The molecule has 4 nitrogen and oxygen atoms in total. The highest BCUT2D eigenvalue weighted by atomic mass is 16.3. The van der Waals surface area contributed by atoms with Crippen molar-refractivity contribution in [1.82, 2.24) is 4.57 Å². The molecule has 9 aromatic carbocycles. The van der Waals surface area contributed by atoms with Crippen molar-refractivity contribution in [3.63, 3.8) is 0 Å². The Labute approximate surface area is 321 Å². The topological polar surface area (TPSA) is 34.5 Å². The largest absolute Gasteiger partial charge is 0.456 e. The van der Waals surface area contributed by atoms with E-state index >= 15 is 0 Å². The molecule has 0 saturated heterocycles. The molecule has 12 aromatic rings. The summed E-state index contributed by atoms with van der Waals surface area (Å²) in [7, 11) is 0. The Balaban J connectivity index is 1.14. The number of rotatable bonds is 5. The summed E-state index contributed by atoms with van der Waals surface area (Å²) >= 11 is 0. The molecule has 262 valence electrons. The number of anilines is 3. The molecular weight excluding hydrogens is 685 g/mol. The molecule has 0 spiro atoms. The number of nitrogens with zero attached hydrogens (tertiary/aromatic N) is 2. The summed E-state index contributed by atoms with van der Waals surface area (Å²) in [5.41, 5.74) is 12.2. The van der Waals surface area contributed by atoms with Crippen LogP contribution in [0.3, 0.4) is 0 Å². The smallest absolute Gasteiger partial charge is 0.143 e. The minimum absolute atomic E-state index is 0.846. The Morgan fingerprint density at radius 2 is 1.04 bits per heavy atom. The Kier molecular flexibility index (Phi) is 6.60. The van der Waals surface area contributed by atoms with Gasteiger partial charge >= 0.3 is 0 Å². The van der Waals surface area contributed by atoms with Crippen LogP contribution < -0.4 is 4.90 Å². The number of hydrogen-bond donors (Lipinski definition) is 0. The van der Waals surface area contributed by atoms with Crippen LogP contribution in [0.25, 0.3) is 93.3 Å². The number of para-hydroxylation sites is 4. The number of aromatic nitrogens is 1. The molecule has 0 fully saturated rings. The van der Waals surface area contributed by atoms with E-state index in [0.29, 0.717) is 0 Å². The van der Waals surface area contributed by atoms with E-state index in [1.54, 1.807) is 0 Å². The van der Waals surface area contributed by atoms with Crippen LogP contribution in [0.15, 0.2) is 203 Å². The van der Waals surface area contributed by atoms with Gasteiger partial charge in [-0.3, -0.25) is 0 Å². The second kappa shape index (κ2) is 12.0. The molecule has 0 aliphatic heterocycles. The average molecular weight is 717 g/mol. The maximum atomic E-state index is 6.76. The van der Waals surface area contributed by atoms with E-state index < -0.39 is 0 Å². The van der Waals surface area contributed by atoms with Gasteiger partial charge in [-0.2, -0.15) is 0 Å². The van der Waals surface area contributed by atoms with E-state index in [-0.39, 0.29) is 0 Å². The van der Waals surface area contributed by atoms with Gasteiger partial charge in [-0.25, -0.2) is 0 Å². The summed E-state index contributed by atoms with van der Waals surface area (Å²) in [6.45, 7) is 0. The lowest BCUT2D eigenvalue weighted by atomic mass is 9.99. The molecule has 0 saturated carbocycles. The van der Waals surface area contributed by atoms with Crippen molar-refractivity contribution >= 4 is 93.5 Å². The minimum Gasteiger partial charge on any atom is -0.456 e. The van der Waals surface area contributed by atoms with Crippen molar-refractivity contribution < 1.29 is 8.83 Å². The summed E-state index contributed by atoms with van der Waals surface area (Å²) in [5, 5.41) is 9.11. The molecule has 0 N–H and O–H groups in total. The summed E-state index contributed by atoms with van der Waals surface area (Å²) in [4.78, 5) is 2.40. The van der Waals surface area contributed by atoms with Gasteiger partial charge in [0.1, 0.15) is 22.3 Å². The van der Waals surface area contributed by atoms with Gasteiger partial charge in [0.2, 0.25) is 0 Å². The van der Waals surface area contributed by atoms with E-state index in [1.165, 1.54) is 21.8 Å². The summed E-state index contributed by atoms with van der Waals surface area (Å²) in [6.07, 6.45) is 0. The minimum atomic E-state index is 0.846. The SMILES string of the molecule is c1cc(N(c2ccccc2-c2ccc3c(c2)oc2ccccc23)c2cccc3oc4c5ccccc5ccc4c23)cc(-n2c3ccccc3c3ccccc32)c1. The number of hydrogen-bond acceptors (Lipinski definition) is 3. The van der Waals surface area contributed by atoms with E-state index in [9.17, 15) is 0 Å². The summed E-state index contributed by atoms with van der Waals surface area (Å²) in [5.74, 6) is 0. The summed E-state index contributed by atoms with van der Waals surface area (Å²) < 4.78 is 15.6. The predicted molar refractivity (Wildman–Crippen MR) is 233 cm³/mol. The van der Waals surface area contributed by atoms with Gasteiger partial charge < -0.3 is 18.3 Å². The van der Waals surface area contributed by atoms with Crippen LogP contribution in [0.2, 0.25) is 0 Å². The molecule has 12 rings (SSSR count). The monoisotopic (exact) mass is 716 g/mol.